The largest absolute Gasteiger partial charge is 0.416 e. The Morgan fingerprint density at radius 3 is 0.805 bits per heavy atom. The normalized spacial score (nSPS) is 13.3. The molecular formula is C50H28BF24NS. The van der Waals surface area contributed by atoms with Crippen molar-refractivity contribution < 1.29 is 110 Å². The molecule has 0 N–H and O–H groups in total. The Labute approximate surface area is 423 Å². The van der Waals surface area contributed by atoms with Crippen molar-refractivity contribution in [3.63, 3.8) is 0 Å². The summed E-state index contributed by atoms with van der Waals surface area (Å²) in [5, 5.41) is 0. The predicted octanol–water partition coefficient (Wildman–Crippen LogP) is 15.2. The summed E-state index contributed by atoms with van der Waals surface area (Å²) in [6.45, 7) is 0.893. The lowest BCUT2D eigenvalue weighted by molar-refractivity contribution is -0.688. The van der Waals surface area contributed by atoms with Gasteiger partial charge in [-0.15, -0.1) is 12.6 Å². The molecule has 1 nitrogen and oxygen atoms in total. The van der Waals surface area contributed by atoms with Crippen molar-refractivity contribution in [2.24, 2.45) is 0 Å². The van der Waals surface area contributed by atoms with Gasteiger partial charge in [0.1, 0.15) is 6.15 Å². The highest BCUT2D eigenvalue weighted by molar-refractivity contribution is 7.80. The summed E-state index contributed by atoms with van der Waals surface area (Å²) in [6.07, 6.45) is -50.6. The molecule has 0 saturated heterocycles. The molecule has 0 aliphatic rings. The van der Waals surface area contributed by atoms with Crippen molar-refractivity contribution in [1.29, 1.82) is 0 Å². The molecule has 1 heterocycles. The van der Waals surface area contributed by atoms with Gasteiger partial charge in [-0.2, -0.15) is 127 Å². The average molecular weight is 1140 g/mol. The van der Waals surface area contributed by atoms with Crippen LogP contribution in [-0.4, -0.2) is 6.15 Å². The predicted molar refractivity (Wildman–Crippen MR) is 235 cm³/mol. The van der Waals surface area contributed by atoms with Gasteiger partial charge in [0.15, 0.2) is 18.9 Å². The van der Waals surface area contributed by atoms with Crippen molar-refractivity contribution in [3.05, 3.63) is 202 Å². The minimum atomic E-state index is -6.13. The van der Waals surface area contributed by atoms with Crippen LogP contribution in [0.4, 0.5) is 105 Å². The quantitative estimate of drug-likeness (QED) is 0.0702. The molecule has 7 rings (SSSR count). The van der Waals surface area contributed by atoms with Crippen molar-refractivity contribution >= 4 is 40.6 Å². The molecule has 7 aromatic rings. The second kappa shape index (κ2) is 20.9. The van der Waals surface area contributed by atoms with Gasteiger partial charge in [0.25, 0.3) is 0 Å². The number of alkyl halides is 24. The lowest BCUT2D eigenvalue weighted by Gasteiger charge is -2.46. The first-order chi connectivity index (χ1) is 35.1. The standard InChI is InChI=1S/C32H12BF24.C18H15NS/c34-25(35,36)13-1-14(26(37,38)39)6-21(5-13)33(22-7-15(27(40,41)42)2-16(8-22)28(43,44)45,23-9-17(29(46,47)48)3-18(10-23)30(49,50)51)24-11-19(31(52,53)54)4-20(12-24)32(55,56)57;20-18-9-5-4-8-17(18)16-10-12-19(13-11-16)14-15-6-2-1-3-7-15/h1-12H;1-13H,14H2/q-1;/p+1. The molecule has 0 spiro atoms. The van der Waals surface area contributed by atoms with Crippen LogP contribution >= 0.6 is 12.6 Å². The summed E-state index contributed by atoms with van der Waals surface area (Å²) in [4.78, 5) is 1.01. The molecule has 0 unspecified atom stereocenters. The Morgan fingerprint density at radius 2 is 0.558 bits per heavy atom. The molecule has 0 aliphatic heterocycles. The Kier molecular flexibility index (Phi) is 16.1. The van der Waals surface area contributed by atoms with E-state index in [2.05, 4.69) is 72.1 Å². The van der Waals surface area contributed by atoms with Gasteiger partial charge in [0.05, 0.1) is 44.5 Å². The summed E-state index contributed by atoms with van der Waals surface area (Å²) in [5.74, 6) is 0. The number of nitrogens with zero attached hydrogens (tertiary/aromatic N) is 1. The number of hydrogen-bond acceptors (Lipinski definition) is 1. The fourth-order valence-electron chi connectivity index (χ4n) is 8.32. The van der Waals surface area contributed by atoms with Gasteiger partial charge >= 0.3 is 49.4 Å². The van der Waals surface area contributed by atoms with Crippen molar-refractivity contribution in [1.82, 2.24) is 0 Å². The van der Waals surface area contributed by atoms with Crippen molar-refractivity contribution in [2.45, 2.75) is 60.9 Å². The number of aromatic nitrogens is 1. The van der Waals surface area contributed by atoms with Gasteiger partial charge in [-0.25, -0.2) is 4.57 Å². The zero-order chi connectivity index (χ0) is 57.7. The van der Waals surface area contributed by atoms with E-state index in [4.69, 9.17) is 0 Å². The molecule has 0 saturated carbocycles. The van der Waals surface area contributed by atoms with Crippen LogP contribution in [0.25, 0.3) is 11.1 Å². The molecular weight excluding hydrogens is 1110 g/mol. The summed E-state index contributed by atoms with van der Waals surface area (Å²) in [7, 11) is 0. The van der Waals surface area contributed by atoms with Crippen LogP contribution in [0, 0.1) is 0 Å². The molecule has 77 heavy (non-hydrogen) atoms. The van der Waals surface area contributed by atoms with Gasteiger partial charge in [-0.3, -0.25) is 0 Å². The Hall–Kier alpha value is -6.80. The molecule has 0 bridgehead atoms. The summed E-state index contributed by atoms with van der Waals surface area (Å²) >= 11 is 4.51. The second-order valence-electron chi connectivity index (χ2n) is 17.0. The first-order valence-electron chi connectivity index (χ1n) is 21.3. The maximum Gasteiger partial charge on any atom is 0.416 e. The zero-order valence-corrected chi connectivity index (χ0v) is 38.6. The van der Waals surface area contributed by atoms with Crippen LogP contribution in [0.3, 0.4) is 0 Å². The van der Waals surface area contributed by atoms with Crippen LogP contribution in [-0.2, 0) is 56.0 Å². The van der Waals surface area contributed by atoms with E-state index in [0.29, 0.717) is 0 Å². The Balaban J connectivity index is 0.000000397. The fourth-order valence-corrected chi connectivity index (χ4v) is 8.61. The number of pyridine rings is 1. The first-order valence-corrected chi connectivity index (χ1v) is 21.7. The smallest absolute Gasteiger partial charge is 0.201 e. The monoisotopic (exact) mass is 1140 g/mol. The number of thiol groups is 1. The third-order valence-corrected chi connectivity index (χ3v) is 12.1. The molecule has 0 amide bonds. The van der Waals surface area contributed by atoms with Crippen molar-refractivity contribution in [2.75, 3.05) is 0 Å². The third-order valence-electron chi connectivity index (χ3n) is 11.8. The molecule has 410 valence electrons. The van der Waals surface area contributed by atoms with Gasteiger partial charge in [-0.05, 0) is 41.5 Å². The number of rotatable bonds is 7. The maximum absolute atomic E-state index is 14.2. The number of halogens is 24. The Bertz CT molecular complexity index is 2780. The Morgan fingerprint density at radius 1 is 0.312 bits per heavy atom. The van der Waals surface area contributed by atoms with E-state index < -0.39 is 195 Å². The number of benzene rings is 6. The molecule has 0 aliphatic carbocycles. The van der Waals surface area contributed by atoms with Gasteiger partial charge in [0.2, 0.25) is 0 Å². The third kappa shape index (κ3) is 13.9. The number of hydrogen-bond donors (Lipinski definition) is 1. The van der Waals surface area contributed by atoms with Crippen LogP contribution < -0.4 is 26.4 Å². The van der Waals surface area contributed by atoms with E-state index in [0.717, 1.165) is 11.4 Å². The van der Waals surface area contributed by atoms with E-state index >= 15 is 0 Å². The highest BCUT2D eigenvalue weighted by atomic mass is 32.1. The first kappa shape index (κ1) is 59.4. The molecule has 6 aromatic carbocycles. The summed E-state index contributed by atoms with van der Waals surface area (Å²) in [6, 6.07) is 14.1. The molecule has 27 heteroatoms. The van der Waals surface area contributed by atoms with Gasteiger partial charge < -0.3 is 0 Å². The van der Waals surface area contributed by atoms with E-state index in [9.17, 15) is 105 Å². The molecule has 1 aromatic heterocycles. The summed E-state index contributed by atoms with van der Waals surface area (Å²) < 4.78 is 343. The van der Waals surface area contributed by atoms with Crippen LogP contribution in [0.5, 0.6) is 0 Å². The van der Waals surface area contributed by atoms with E-state index in [1.54, 1.807) is 0 Å². The average Bonchev–Trinajstić information content (AvgIpc) is 3.30. The maximum atomic E-state index is 14.2. The molecule has 0 fully saturated rings. The summed E-state index contributed by atoms with van der Waals surface area (Å²) in [5.41, 5.74) is -26.5. The minimum Gasteiger partial charge on any atom is -0.201 e. The minimum absolute atomic E-state index is 0.691. The molecule has 0 atom stereocenters. The van der Waals surface area contributed by atoms with Crippen LogP contribution in [0.2, 0.25) is 0 Å². The fraction of sp³-hybridized carbons (Fsp3) is 0.180. The topological polar surface area (TPSA) is 3.88 Å². The highest BCUT2D eigenvalue weighted by Crippen LogP contribution is 2.41. The van der Waals surface area contributed by atoms with E-state index in [1.165, 1.54) is 16.7 Å². The lowest BCUT2D eigenvalue weighted by Crippen LogP contribution is -2.75. The SMILES string of the molecule is FC(F)(F)c1cc([B-](c2cc(C(F)(F)F)cc(C(F)(F)F)c2)(c2cc(C(F)(F)F)cc(C(F)(F)F)c2)c2cc(C(F)(F)F)cc(C(F)(F)F)c2)cc(C(F)(F)F)c1.Sc1ccccc1-c1cc[n+](Cc2ccccc2)cc1. The van der Waals surface area contributed by atoms with Crippen LogP contribution in [0.15, 0.2) is 157 Å². The van der Waals surface area contributed by atoms with Gasteiger partial charge in [0, 0.05) is 22.6 Å². The highest BCUT2D eigenvalue weighted by Gasteiger charge is 2.47. The second-order valence-corrected chi connectivity index (χ2v) is 17.5. The van der Waals surface area contributed by atoms with E-state index in [1.807, 2.05) is 24.3 Å². The van der Waals surface area contributed by atoms with E-state index in [-0.39, 0.29) is 0 Å². The zero-order valence-electron chi connectivity index (χ0n) is 37.7. The molecule has 0 radical (unpaired) electrons. The van der Waals surface area contributed by atoms with Crippen LogP contribution in [0.1, 0.15) is 50.1 Å². The van der Waals surface area contributed by atoms with Gasteiger partial charge in [-0.1, -0.05) is 97.1 Å². The van der Waals surface area contributed by atoms with Crippen molar-refractivity contribution in [3.8, 4) is 11.1 Å². The lowest BCUT2D eigenvalue weighted by atomic mass is 9.12.